The summed E-state index contributed by atoms with van der Waals surface area (Å²) in [5.41, 5.74) is 2.77. The number of benzene rings is 1. The minimum absolute atomic E-state index is 0.0660. The van der Waals surface area contributed by atoms with Gasteiger partial charge in [-0.05, 0) is 26.0 Å². The minimum Gasteiger partial charge on any atom is -0.390 e. The number of hydrogen-bond acceptors (Lipinski definition) is 4. The Morgan fingerprint density at radius 1 is 1.17 bits per heavy atom. The molecular weight excluding hydrogens is 382 g/mol. The number of carbonyl (C=O) groups is 2. The number of H-pyrrole nitrogens is 2. The number of fused-ring (bicyclic) bond motifs is 2. The van der Waals surface area contributed by atoms with E-state index in [1.54, 1.807) is 23.6 Å². The summed E-state index contributed by atoms with van der Waals surface area (Å²) in [5, 5.41) is 18.4. The number of amides is 2. The van der Waals surface area contributed by atoms with Crippen molar-refractivity contribution in [2.75, 3.05) is 19.6 Å². The Morgan fingerprint density at radius 2 is 1.93 bits per heavy atom. The van der Waals surface area contributed by atoms with Gasteiger partial charge in [-0.2, -0.15) is 5.10 Å². The van der Waals surface area contributed by atoms with Crippen LogP contribution in [0.5, 0.6) is 0 Å². The average molecular weight is 407 g/mol. The molecule has 1 fully saturated rings. The van der Waals surface area contributed by atoms with Gasteiger partial charge in [-0.3, -0.25) is 14.7 Å². The summed E-state index contributed by atoms with van der Waals surface area (Å²) in [7, 11) is 0. The van der Waals surface area contributed by atoms with Crippen molar-refractivity contribution in [3.05, 3.63) is 53.0 Å². The van der Waals surface area contributed by atoms with Crippen LogP contribution < -0.4 is 0 Å². The molecule has 1 saturated heterocycles. The summed E-state index contributed by atoms with van der Waals surface area (Å²) in [6, 6.07) is 9.66. The summed E-state index contributed by atoms with van der Waals surface area (Å²) in [6.45, 7) is 5.49. The third-order valence-corrected chi connectivity index (χ3v) is 6.35. The van der Waals surface area contributed by atoms with Crippen molar-refractivity contribution < 1.29 is 14.7 Å². The van der Waals surface area contributed by atoms with E-state index < -0.39 is 5.60 Å². The van der Waals surface area contributed by atoms with Crippen molar-refractivity contribution in [2.24, 2.45) is 5.92 Å². The van der Waals surface area contributed by atoms with Crippen molar-refractivity contribution in [1.29, 1.82) is 0 Å². The molecule has 3 aromatic rings. The molecule has 8 nitrogen and oxygen atoms in total. The molecule has 0 unspecified atom stereocenters. The smallest absolute Gasteiger partial charge is 0.274 e. The number of nitrogens with one attached hydrogen (secondary N) is 2. The van der Waals surface area contributed by atoms with Crippen molar-refractivity contribution in [3.63, 3.8) is 0 Å². The standard InChI is InChI=1S/C22H25N5O3/c1-22(2,30)14-10-27(11-14)21(29)19-15-12-26(8-7-17(15)24-25-19)20(28)18-9-13-5-3-4-6-16(13)23-18/h3-6,9,14,23,30H,7-8,10-12H2,1-2H3,(H,24,25). The highest BCUT2D eigenvalue weighted by molar-refractivity contribution is 5.99. The largest absolute Gasteiger partial charge is 0.390 e. The third kappa shape index (κ3) is 3.08. The van der Waals surface area contributed by atoms with Gasteiger partial charge >= 0.3 is 0 Å². The number of rotatable bonds is 3. The maximum Gasteiger partial charge on any atom is 0.274 e. The van der Waals surface area contributed by atoms with E-state index in [0.29, 0.717) is 44.0 Å². The molecule has 0 bridgehead atoms. The predicted molar refractivity (Wildman–Crippen MR) is 111 cm³/mol. The molecule has 2 amide bonds. The van der Waals surface area contributed by atoms with Gasteiger partial charge in [0, 0.05) is 54.1 Å². The quantitative estimate of drug-likeness (QED) is 0.617. The number of aromatic nitrogens is 3. The van der Waals surface area contributed by atoms with Gasteiger partial charge in [0.05, 0.1) is 12.1 Å². The van der Waals surface area contributed by atoms with Crippen molar-refractivity contribution in [3.8, 4) is 0 Å². The van der Waals surface area contributed by atoms with Crippen LogP contribution in [0.1, 0.15) is 46.1 Å². The zero-order valence-electron chi connectivity index (χ0n) is 17.1. The van der Waals surface area contributed by atoms with E-state index in [2.05, 4.69) is 15.2 Å². The first-order valence-electron chi connectivity index (χ1n) is 10.3. The van der Waals surface area contributed by atoms with E-state index >= 15 is 0 Å². The summed E-state index contributed by atoms with van der Waals surface area (Å²) in [5.74, 6) is -0.160. The Labute approximate surface area is 173 Å². The molecule has 0 radical (unpaired) electrons. The SMILES string of the molecule is CC(C)(O)C1CN(C(=O)c2n[nH]c3c2CN(C(=O)c2cc4ccccc4[nH]2)CC3)C1. The Hall–Kier alpha value is -3.13. The summed E-state index contributed by atoms with van der Waals surface area (Å²) < 4.78 is 0. The second kappa shape index (κ2) is 6.70. The highest BCUT2D eigenvalue weighted by Crippen LogP contribution is 2.30. The number of para-hydroxylation sites is 1. The molecule has 3 N–H and O–H groups in total. The maximum absolute atomic E-state index is 13.1. The van der Waals surface area contributed by atoms with Gasteiger partial charge in [-0.15, -0.1) is 0 Å². The fourth-order valence-corrected chi connectivity index (χ4v) is 4.25. The molecule has 1 aromatic carbocycles. The normalized spacial score (nSPS) is 17.2. The molecule has 4 heterocycles. The monoisotopic (exact) mass is 407 g/mol. The second-order valence-electron chi connectivity index (χ2n) is 8.84. The van der Waals surface area contributed by atoms with E-state index in [4.69, 9.17) is 0 Å². The lowest BCUT2D eigenvalue weighted by molar-refractivity contribution is -0.0509. The average Bonchev–Trinajstić information content (AvgIpc) is 3.28. The first kappa shape index (κ1) is 18.9. The van der Waals surface area contributed by atoms with E-state index in [-0.39, 0.29) is 17.7 Å². The van der Waals surface area contributed by atoms with Crippen LogP contribution in [0.2, 0.25) is 0 Å². The highest BCUT2D eigenvalue weighted by atomic mass is 16.3. The zero-order chi connectivity index (χ0) is 21.0. The van der Waals surface area contributed by atoms with Crippen LogP contribution >= 0.6 is 0 Å². The Kier molecular flexibility index (Phi) is 4.21. The summed E-state index contributed by atoms with van der Waals surface area (Å²) in [4.78, 5) is 32.7. The third-order valence-electron chi connectivity index (χ3n) is 6.35. The molecule has 0 atom stereocenters. The van der Waals surface area contributed by atoms with Crippen LogP contribution in [-0.2, 0) is 13.0 Å². The van der Waals surface area contributed by atoms with Gasteiger partial charge < -0.3 is 19.9 Å². The molecule has 0 spiro atoms. The number of likely N-dealkylation sites (tertiary alicyclic amines) is 1. The van der Waals surface area contributed by atoms with Gasteiger partial charge in [0.2, 0.25) is 0 Å². The molecular formula is C22H25N5O3. The molecule has 30 heavy (non-hydrogen) atoms. The molecule has 2 aromatic heterocycles. The Balaban J connectivity index is 1.33. The fourth-order valence-electron chi connectivity index (χ4n) is 4.25. The predicted octanol–water partition coefficient (Wildman–Crippen LogP) is 1.93. The summed E-state index contributed by atoms with van der Waals surface area (Å²) >= 11 is 0. The Bertz CT molecular complexity index is 1100. The maximum atomic E-state index is 13.1. The number of hydrogen-bond donors (Lipinski definition) is 3. The van der Waals surface area contributed by atoms with Crippen molar-refractivity contribution >= 4 is 22.7 Å². The number of nitrogens with zero attached hydrogens (tertiary/aromatic N) is 3. The van der Waals surface area contributed by atoms with E-state index in [1.807, 2.05) is 30.3 Å². The van der Waals surface area contributed by atoms with E-state index in [9.17, 15) is 14.7 Å². The van der Waals surface area contributed by atoms with Gasteiger partial charge in [0.1, 0.15) is 5.69 Å². The minimum atomic E-state index is -0.801. The summed E-state index contributed by atoms with van der Waals surface area (Å²) in [6.07, 6.45) is 0.633. The van der Waals surface area contributed by atoms with Crippen molar-refractivity contribution in [1.82, 2.24) is 25.0 Å². The van der Waals surface area contributed by atoms with Gasteiger partial charge in [-0.25, -0.2) is 0 Å². The number of aromatic amines is 2. The van der Waals surface area contributed by atoms with E-state index in [1.165, 1.54) is 0 Å². The lowest BCUT2D eigenvalue weighted by Crippen LogP contribution is -2.57. The van der Waals surface area contributed by atoms with Crippen molar-refractivity contribution in [2.45, 2.75) is 32.4 Å². The number of carbonyl (C=O) groups excluding carboxylic acids is 2. The molecule has 2 aliphatic rings. The van der Waals surface area contributed by atoms with Gasteiger partial charge in [-0.1, -0.05) is 18.2 Å². The lowest BCUT2D eigenvalue weighted by Gasteiger charge is -2.45. The lowest BCUT2D eigenvalue weighted by atomic mass is 9.84. The van der Waals surface area contributed by atoms with Crippen LogP contribution in [0.25, 0.3) is 10.9 Å². The van der Waals surface area contributed by atoms with Gasteiger partial charge in [0.15, 0.2) is 5.69 Å². The first-order chi connectivity index (χ1) is 14.3. The van der Waals surface area contributed by atoms with Crippen LogP contribution in [-0.4, -0.2) is 67.1 Å². The molecule has 156 valence electrons. The second-order valence-corrected chi connectivity index (χ2v) is 8.84. The molecule has 8 heteroatoms. The van der Waals surface area contributed by atoms with E-state index in [0.717, 1.165) is 22.2 Å². The van der Waals surface area contributed by atoms with Crippen LogP contribution in [0.15, 0.2) is 30.3 Å². The molecule has 2 aliphatic heterocycles. The fraction of sp³-hybridized carbons (Fsp3) is 0.409. The zero-order valence-corrected chi connectivity index (χ0v) is 17.1. The number of aliphatic hydroxyl groups is 1. The van der Waals surface area contributed by atoms with Crippen LogP contribution in [0, 0.1) is 5.92 Å². The molecule has 0 saturated carbocycles. The Morgan fingerprint density at radius 3 is 2.67 bits per heavy atom. The van der Waals surface area contributed by atoms with Crippen LogP contribution in [0.4, 0.5) is 0 Å². The molecule has 5 rings (SSSR count). The van der Waals surface area contributed by atoms with Gasteiger partial charge in [0.25, 0.3) is 11.8 Å². The first-order valence-corrected chi connectivity index (χ1v) is 10.3. The topological polar surface area (TPSA) is 105 Å². The highest BCUT2D eigenvalue weighted by Gasteiger charge is 2.41. The van der Waals surface area contributed by atoms with Crippen LogP contribution in [0.3, 0.4) is 0 Å². The molecule has 0 aliphatic carbocycles.